The van der Waals surface area contributed by atoms with E-state index in [0.29, 0.717) is 6.54 Å². The van der Waals surface area contributed by atoms with Crippen LogP contribution in [0.25, 0.3) is 0 Å². The maximum atomic E-state index is 13.1. The Hall–Kier alpha value is -2.21. The summed E-state index contributed by atoms with van der Waals surface area (Å²) in [5, 5.41) is 2.78. The number of urea groups is 1. The molecule has 0 aliphatic heterocycles. The molecular formula is C18H21FN2O2S. The number of benzene rings is 2. The Morgan fingerprint density at radius 3 is 2.71 bits per heavy atom. The summed E-state index contributed by atoms with van der Waals surface area (Å²) in [6.45, 7) is 0.746. The van der Waals surface area contributed by atoms with Crippen molar-refractivity contribution >= 4 is 17.8 Å². The van der Waals surface area contributed by atoms with Gasteiger partial charge < -0.3 is 15.0 Å². The van der Waals surface area contributed by atoms with E-state index in [9.17, 15) is 9.18 Å². The minimum absolute atomic E-state index is 0.216. The highest BCUT2D eigenvalue weighted by atomic mass is 32.2. The molecule has 4 nitrogen and oxygen atoms in total. The molecule has 2 rings (SSSR count). The Labute approximate surface area is 146 Å². The minimum atomic E-state index is -0.309. The van der Waals surface area contributed by atoms with Crippen LogP contribution in [-0.4, -0.2) is 31.3 Å². The van der Waals surface area contributed by atoms with Gasteiger partial charge in [0.15, 0.2) is 0 Å². The smallest absolute Gasteiger partial charge is 0.317 e. The molecule has 2 aromatic carbocycles. The molecule has 6 heteroatoms. The number of hydrogen-bond acceptors (Lipinski definition) is 3. The van der Waals surface area contributed by atoms with Crippen LogP contribution in [0, 0.1) is 5.82 Å². The molecule has 0 aliphatic carbocycles. The maximum Gasteiger partial charge on any atom is 0.317 e. The van der Waals surface area contributed by atoms with Crippen molar-refractivity contribution in [1.29, 1.82) is 0 Å². The lowest BCUT2D eigenvalue weighted by molar-refractivity contribution is 0.206. The fourth-order valence-electron chi connectivity index (χ4n) is 2.28. The van der Waals surface area contributed by atoms with Crippen LogP contribution in [0.3, 0.4) is 0 Å². The Morgan fingerprint density at radius 2 is 2.04 bits per heavy atom. The molecule has 0 radical (unpaired) electrons. The first-order valence-electron chi connectivity index (χ1n) is 7.47. The van der Waals surface area contributed by atoms with Crippen molar-refractivity contribution in [2.45, 2.75) is 18.0 Å². The van der Waals surface area contributed by atoms with Gasteiger partial charge in [-0.25, -0.2) is 9.18 Å². The fourth-order valence-corrected chi connectivity index (χ4v) is 2.83. The molecule has 128 valence electrons. The lowest BCUT2D eigenvalue weighted by Crippen LogP contribution is -2.36. The summed E-state index contributed by atoms with van der Waals surface area (Å²) in [5.74, 6) is 0.490. The van der Waals surface area contributed by atoms with Crippen molar-refractivity contribution in [2.75, 3.05) is 20.4 Å². The molecule has 0 bridgehead atoms. The molecule has 0 heterocycles. The number of carbonyl (C=O) groups excluding carboxylic acids is 1. The summed E-state index contributed by atoms with van der Waals surface area (Å²) in [7, 11) is 3.35. The van der Waals surface area contributed by atoms with Gasteiger partial charge in [-0.05, 0) is 41.6 Å². The zero-order valence-corrected chi connectivity index (χ0v) is 14.8. The molecule has 1 N–H and O–H groups in total. The van der Waals surface area contributed by atoms with Crippen LogP contribution in [0.1, 0.15) is 11.1 Å². The largest absolute Gasteiger partial charge is 0.496 e. The quantitative estimate of drug-likeness (QED) is 0.805. The average Bonchev–Trinajstić information content (AvgIpc) is 2.59. The molecule has 0 fully saturated rings. The molecule has 0 unspecified atom stereocenters. The number of ether oxygens (including phenoxy) is 1. The summed E-state index contributed by atoms with van der Waals surface area (Å²) in [4.78, 5) is 14.8. The van der Waals surface area contributed by atoms with E-state index in [-0.39, 0.29) is 18.4 Å². The molecule has 0 spiro atoms. The topological polar surface area (TPSA) is 41.6 Å². The first kappa shape index (κ1) is 18.1. The van der Waals surface area contributed by atoms with Crippen LogP contribution in [0.2, 0.25) is 0 Å². The van der Waals surface area contributed by atoms with Gasteiger partial charge in [0.05, 0.1) is 7.11 Å². The van der Waals surface area contributed by atoms with Crippen LogP contribution in [-0.2, 0) is 13.1 Å². The third-order valence-corrected chi connectivity index (χ3v) is 4.32. The number of hydrogen-bond donors (Lipinski definition) is 1. The number of nitrogens with one attached hydrogen (secondary N) is 1. The van der Waals surface area contributed by atoms with Crippen molar-refractivity contribution in [3.63, 3.8) is 0 Å². The Balaban J connectivity index is 1.93. The molecule has 0 saturated carbocycles. The fraction of sp³-hybridized carbons (Fsp3) is 0.278. The molecule has 2 amide bonds. The molecule has 0 saturated heterocycles. The summed E-state index contributed by atoms with van der Waals surface area (Å²) < 4.78 is 18.5. The second-order valence-corrected chi connectivity index (χ2v) is 6.18. The molecule has 0 atom stereocenters. The van der Waals surface area contributed by atoms with Crippen LogP contribution in [0.4, 0.5) is 9.18 Å². The van der Waals surface area contributed by atoms with E-state index in [1.165, 1.54) is 12.1 Å². The van der Waals surface area contributed by atoms with Crippen LogP contribution in [0.15, 0.2) is 47.4 Å². The third-order valence-electron chi connectivity index (χ3n) is 3.55. The number of carbonyl (C=O) groups is 1. The van der Waals surface area contributed by atoms with E-state index in [1.807, 2.05) is 24.5 Å². The number of rotatable bonds is 6. The summed E-state index contributed by atoms with van der Waals surface area (Å²) in [5.41, 5.74) is 1.70. The Kier molecular flexibility index (Phi) is 6.49. The molecule has 24 heavy (non-hydrogen) atoms. The van der Waals surface area contributed by atoms with Crippen LogP contribution >= 0.6 is 11.8 Å². The minimum Gasteiger partial charge on any atom is -0.496 e. The molecular weight excluding hydrogens is 327 g/mol. The summed E-state index contributed by atoms with van der Waals surface area (Å²) in [6, 6.07) is 11.9. The predicted octanol–water partition coefficient (Wildman–Crippen LogP) is 3.90. The predicted molar refractivity (Wildman–Crippen MR) is 94.9 cm³/mol. The highest BCUT2D eigenvalue weighted by Gasteiger charge is 2.11. The van der Waals surface area contributed by atoms with Gasteiger partial charge >= 0.3 is 6.03 Å². The Bertz CT molecular complexity index is 709. The van der Waals surface area contributed by atoms with Gasteiger partial charge in [-0.3, -0.25) is 0 Å². The SMILES string of the molecule is COc1cc(CN(C)C(=O)NCc2cccc(F)c2)ccc1SC. The van der Waals surface area contributed by atoms with E-state index < -0.39 is 0 Å². The maximum absolute atomic E-state index is 13.1. The molecule has 0 aromatic heterocycles. The van der Waals surface area contributed by atoms with E-state index in [4.69, 9.17) is 4.74 Å². The van der Waals surface area contributed by atoms with E-state index in [0.717, 1.165) is 21.8 Å². The van der Waals surface area contributed by atoms with Gasteiger partial charge in [0, 0.05) is 25.0 Å². The zero-order chi connectivity index (χ0) is 17.5. The highest BCUT2D eigenvalue weighted by Crippen LogP contribution is 2.28. The zero-order valence-electron chi connectivity index (χ0n) is 14.0. The second kappa shape index (κ2) is 8.59. The highest BCUT2D eigenvalue weighted by molar-refractivity contribution is 7.98. The lowest BCUT2D eigenvalue weighted by Gasteiger charge is -2.19. The van der Waals surface area contributed by atoms with Crippen molar-refractivity contribution in [3.8, 4) is 5.75 Å². The van der Waals surface area contributed by atoms with Crippen LogP contribution in [0.5, 0.6) is 5.75 Å². The van der Waals surface area contributed by atoms with Gasteiger partial charge in [0.1, 0.15) is 11.6 Å². The number of methoxy groups -OCH3 is 1. The third kappa shape index (κ3) is 4.89. The van der Waals surface area contributed by atoms with Gasteiger partial charge in [-0.15, -0.1) is 11.8 Å². The standard InChI is InChI=1S/C18H21FN2O2S/c1-21(12-14-7-8-17(24-3)16(10-14)23-2)18(22)20-11-13-5-4-6-15(19)9-13/h4-10H,11-12H2,1-3H3,(H,20,22). The van der Waals surface area contributed by atoms with Gasteiger partial charge in [0.25, 0.3) is 0 Å². The lowest BCUT2D eigenvalue weighted by atomic mass is 10.2. The average molecular weight is 348 g/mol. The van der Waals surface area contributed by atoms with Crippen molar-refractivity contribution in [2.24, 2.45) is 0 Å². The summed E-state index contributed by atoms with van der Waals surface area (Å²) >= 11 is 1.61. The van der Waals surface area contributed by atoms with Crippen LogP contribution < -0.4 is 10.1 Å². The number of amides is 2. The van der Waals surface area contributed by atoms with E-state index >= 15 is 0 Å². The van der Waals surface area contributed by atoms with Crippen molar-refractivity contribution < 1.29 is 13.9 Å². The van der Waals surface area contributed by atoms with E-state index in [2.05, 4.69) is 5.32 Å². The van der Waals surface area contributed by atoms with Crippen molar-refractivity contribution in [3.05, 3.63) is 59.4 Å². The normalized spacial score (nSPS) is 10.3. The monoisotopic (exact) mass is 348 g/mol. The molecule has 0 aliphatic rings. The number of halogens is 1. The number of nitrogens with zero attached hydrogens (tertiary/aromatic N) is 1. The van der Waals surface area contributed by atoms with Gasteiger partial charge in [-0.1, -0.05) is 18.2 Å². The Morgan fingerprint density at radius 1 is 1.25 bits per heavy atom. The van der Waals surface area contributed by atoms with Gasteiger partial charge in [-0.2, -0.15) is 0 Å². The molecule has 2 aromatic rings. The first-order chi connectivity index (χ1) is 11.5. The van der Waals surface area contributed by atoms with Crippen molar-refractivity contribution in [1.82, 2.24) is 10.2 Å². The second-order valence-electron chi connectivity index (χ2n) is 5.33. The number of thioether (sulfide) groups is 1. The van der Waals surface area contributed by atoms with Gasteiger partial charge in [0.2, 0.25) is 0 Å². The first-order valence-corrected chi connectivity index (χ1v) is 8.70. The summed E-state index contributed by atoms with van der Waals surface area (Å²) in [6.07, 6.45) is 1.99. The van der Waals surface area contributed by atoms with E-state index in [1.54, 1.807) is 43.0 Å².